The molecule has 2 aliphatic heterocycles. The summed E-state index contributed by atoms with van der Waals surface area (Å²) in [7, 11) is 0. The van der Waals surface area contributed by atoms with Crippen molar-refractivity contribution in [3.8, 4) is 0 Å². The average molecular weight is 433 g/mol. The zero-order valence-corrected chi connectivity index (χ0v) is 18.2. The number of carbonyl (C=O) groups excluding carboxylic acids is 1. The van der Waals surface area contributed by atoms with Gasteiger partial charge in [-0.3, -0.25) is 9.69 Å². The average Bonchev–Trinajstić information content (AvgIpc) is 3.21. The molecule has 0 aromatic carbocycles. The predicted molar refractivity (Wildman–Crippen MR) is 116 cm³/mol. The second-order valence-electron chi connectivity index (χ2n) is 7.90. The van der Waals surface area contributed by atoms with Crippen molar-refractivity contribution in [2.45, 2.75) is 32.2 Å². The van der Waals surface area contributed by atoms with E-state index in [1.165, 1.54) is 6.42 Å². The number of morpholine rings is 1. The number of aryl methyl sites for hydroxylation is 1. The highest BCUT2D eigenvalue weighted by Gasteiger charge is 2.26. The molecule has 2 aromatic heterocycles. The number of anilines is 1. The van der Waals surface area contributed by atoms with Gasteiger partial charge in [0.25, 0.3) is 5.91 Å². The Labute approximate surface area is 182 Å². The molecule has 1 N–H and O–H groups in total. The number of amides is 1. The fourth-order valence-electron chi connectivity index (χ4n) is 4.09. The number of aromatic nitrogens is 1. The van der Waals surface area contributed by atoms with Crippen LogP contribution >= 0.6 is 11.6 Å². The number of likely N-dealkylation sites (tertiary alicyclic amines) is 1. The molecule has 2 fully saturated rings. The number of rotatable bonds is 6. The molecule has 162 valence electrons. The highest BCUT2D eigenvalue weighted by Crippen LogP contribution is 2.27. The topological polar surface area (TPSA) is 70.8 Å². The molecule has 0 radical (unpaired) electrons. The van der Waals surface area contributed by atoms with Gasteiger partial charge in [-0.05, 0) is 44.4 Å². The van der Waals surface area contributed by atoms with E-state index in [1.54, 1.807) is 12.3 Å². The normalized spacial score (nSPS) is 18.9. The summed E-state index contributed by atoms with van der Waals surface area (Å²) in [5, 5.41) is 3.81. The van der Waals surface area contributed by atoms with Crippen molar-refractivity contribution in [3.05, 3.63) is 46.5 Å². The second kappa shape index (κ2) is 9.81. The van der Waals surface area contributed by atoms with Crippen LogP contribution in [0.4, 0.5) is 5.82 Å². The Hall–Kier alpha value is -2.09. The lowest BCUT2D eigenvalue weighted by atomic mass is 10.1. The number of furan rings is 1. The number of halogens is 1. The Bertz CT molecular complexity index is 860. The third-order valence-corrected chi connectivity index (χ3v) is 6.06. The van der Waals surface area contributed by atoms with Crippen LogP contribution in [0.1, 0.15) is 47.2 Å². The van der Waals surface area contributed by atoms with Crippen molar-refractivity contribution in [3.63, 3.8) is 0 Å². The summed E-state index contributed by atoms with van der Waals surface area (Å²) in [4.78, 5) is 21.4. The molecular weight excluding hydrogens is 404 g/mol. The van der Waals surface area contributed by atoms with Gasteiger partial charge in [0, 0.05) is 38.9 Å². The van der Waals surface area contributed by atoms with E-state index in [9.17, 15) is 4.79 Å². The number of hydrogen-bond donors (Lipinski definition) is 1. The lowest BCUT2D eigenvalue weighted by Crippen LogP contribution is -2.41. The van der Waals surface area contributed by atoms with Gasteiger partial charge in [0.2, 0.25) is 0 Å². The van der Waals surface area contributed by atoms with E-state index in [0.29, 0.717) is 36.2 Å². The maximum Gasteiger partial charge on any atom is 0.255 e. The first kappa shape index (κ1) is 21.2. The van der Waals surface area contributed by atoms with Crippen LogP contribution in [0.25, 0.3) is 0 Å². The van der Waals surface area contributed by atoms with Gasteiger partial charge < -0.3 is 19.4 Å². The molecule has 7 nitrogen and oxygen atoms in total. The van der Waals surface area contributed by atoms with Crippen molar-refractivity contribution in [2.24, 2.45) is 0 Å². The van der Waals surface area contributed by atoms with Gasteiger partial charge in [-0.2, -0.15) is 0 Å². The summed E-state index contributed by atoms with van der Waals surface area (Å²) in [6.45, 7) is 7.27. The van der Waals surface area contributed by atoms with Crippen LogP contribution in [0, 0.1) is 6.92 Å². The predicted octanol–water partition coefficient (Wildman–Crippen LogP) is 3.75. The lowest BCUT2D eigenvalue weighted by Gasteiger charge is -2.33. The minimum absolute atomic E-state index is 0.00732. The van der Waals surface area contributed by atoms with Crippen LogP contribution in [0.2, 0.25) is 5.02 Å². The zero-order valence-electron chi connectivity index (χ0n) is 17.4. The Morgan fingerprint density at radius 1 is 1.20 bits per heavy atom. The Morgan fingerprint density at radius 3 is 2.63 bits per heavy atom. The fraction of sp³-hybridized carbons (Fsp3) is 0.545. The highest BCUT2D eigenvalue weighted by molar-refractivity contribution is 6.33. The number of hydrogen-bond acceptors (Lipinski definition) is 6. The van der Waals surface area contributed by atoms with E-state index in [0.717, 1.165) is 50.5 Å². The molecule has 30 heavy (non-hydrogen) atoms. The smallest absolute Gasteiger partial charge is 0.255 e. The molecule has 2 aliphatic rings. The van der Waals surface area contributed by atoms with Gasteiger partial charge >= 0.3 is 0 Å². The molecule has 2 aromatic rings. The lowest BCUT2D eigenvalue weighted by molar-refractivity contribution is 0.0143. The third kappa shape index (κ3) is 4.96. The summed E-state index contributed by atoms with van der Waals surface area (Å²) < 4.78 is 11.4. The Balaban J connectivity index is 1.44. The minimum atomic E-state index is 0.00732. The fourth-order valence-corrected chi connectivity index (χ4v) is 4.32. The van der Waals surface area contributed by atoms with Crippen LogP contribution in [0.15, 0.2) is 28.8 Å². The Morgan fingerprint density at radius 2 is 1.97 bits per heavy atom. The number of ether oxygens (including phenoxy) is 1. The molecule has 0 saturated carbocycles. The molecular formula is C22H29ClN4O3. The van der Waals surface area contributed by atoms with Crippen LogP contribution in [0.5, 0.6) is 0 Å². The molecule has 0 aliphatic carbocycles. The van der Waals surface area contributed by atoms with E-state index in [-0.39, 0.29) is 11.9 Å². The summed E-state index contributed by atoms with van der Waals surface area (Å²) >= 11 is 6.48. The van der Waals surface area contributed by atoms with Gasteiger partial charge in [-0.1, -0.05) is 11.6 Å². The van der Waals surface area contributed by atoms with E-state index in [4.69, 9.17) is 20.8 Å². The van der Waals surface area contributed by atoms with Crippen molar-refractivity contribution < 1.29 is 13.9 Å². The van der Waals surface area contributed by atoms with Crippen molar-refractivity contribution in [2.75, 3.05) is 51.3 Å². The van der Waals surface area contributed by atoms with Crippen molar-refractivity contribution in [1.82, 2.24) is 14.8 Å². The highest BCUT2D eigenvalue weighted by atomic mass is 35.5. The number of nitrogens with zero attached hydrogens (tertiary/aromatic N) is 3. The standard InChI is InChI=1S/C22H29ClN4O3/c1-16-5-6-20(30-16)19(26-9-11-29-12-10-26)15-25-21-18(23)13-17(14-24-21)22(28)27-7-3-2-4-8-27/h5-6,13-14,19H,2-4,7-12,15H2,1H3,(H,24,25). The maximum atomic E-state index is 12.7. The summed E-state index contributed by atoms with van der Waals surface area (Å²) in [6, 6.07) is 5.77. The van der Waals surface area contributed by atoms with Gasteiger partial charge in [-0.15, -0.1) is 0 Å². The van der Waals surface area contributed by atoms with Crippen LogP contribution in [0.3, 0.4) is 0 Å². The van der Waals surface area contributed by atoms with Crippen molar-refractivity contribution >= 4 is 23.3 Å². The van der Waals surface area contributed by atoms with Crippen molar-refractivity contribution in [1.29, 1.82) is 0 Å². The third-order valence-electron chi connectivity index (χ3n) is 5.77. The SMILES string of the molecule is Cc1ccc(C(CNc2ncc(C(=O)N3CCCCC3)cc2Cl)N2CCOCC2)o1. The molecule has 0 bridgehead atoms. The summed E-state index contributed by atoms with van der Waals surface area (Å²) in [5.74, 6) is 2.39. The minimum Gasteiger partial charge on any atom is -0.465 e. The number of pyridine rings is 1. The summed E-state index contributed by atoms with van der Waals surface area (Å²) in [5.41, 5.74) is 0.541. The zero-order chi connectivity index (χ0) is 20.9. The molecule has 1 amide bonds. The first-order chi connectivity index (χ1) is 14.6. The first-order valence-corrected chi connectivity index (χ1v) is 11.1. The van der Waals surface area contributed by atoms with Gasteiger partial charge in [0.1, 0.15) is 17.3 Å². The molecule has 1 unspecified atom stereocenters. The van der Waals surface area contributed by atoms with E-state index in [1.807, 2.05) is 24.0 Å². The van der Waals surface area contributed by atoms with Crippen LogP contribution in [-0.2, 0) is 4.74 Å². The number of piperidine rings is 1. The largest absolute Gasteiger partial charge is 0.465 e. The second-order valence-corrected chi connectivity index (χ2v) is 8.31. The van der Waals surface area contributed by atoms with Gasteiger partial charge in [0.05, 0.1) is 29.8 Å². The number of carbonyl (C=O) groups is 1. The molecule has 8 heteroatoms. The first-order valence-electron chi connectivity index (χ1n) is 10.7. The Kier molecular flexibility index (Phi) is 6.92. The molecule has 1 atom stereocenters. The molecule has 0 spiro atoms. The van der Waals surface area contributed by atoms with Crippen LogP contribution in [-0.4, -0.2) is 66.6 Å². The van der Waals surface area contributed by atoms with Crippen LogP contribution < -0.4 is 5.32 Å². The quantitative estimate of drug-likeness (QED) is 0.749. The molecule has 2 saturated heterocycles. The molecule has 4 rings (SSSR count). The van der Waals surface area contributed by atoms with E-state index < -0.39 is 0 Å². The van der Waals surface area contributed by atoms with E-state index in [2.05, 4.69) is 15.2 Å². The van der Waals surface area contributed by atoms with E-state index >= 15 is 0 Å². The molecule has 4 heterocycles. The van der Waals surface area contributed by atoms with Gasteiger partial charge in [-0.25, -0.2) is 4.98 Å². The maximum absolute atomic E-state index is 12.7. The van der Waals surface area contributed by atoms with Gasteiger partial charge in [0.15, 0.2) is 0 Å². The summed E-state index contributed by atoms with van der Waals surface area (Å²) in [6.07, 6.45) is 4.92. The number of nitrogens with one attached hydrogen (secondary N) is 1. The monoisotopic (exact) mass is 432 g/mol.